The van der Waals surface area contributed by atoms with Crippen molar-refractivity contribution < 1.29 is 4.74 Å². The topological polar surface area (TPSA) is 9.23 Å². The van der Waals surface area contributed by atoms with E-state index in [9.17, 15) is 0 Å². The van der Waals surface area contributed by atoms with E-state index >= 15 is 0 Å². The molecule has 0 saturated carbocycles. The molecule has 0 spiro atoms. The quantitative estimate of drug-likeness (QED) is 0.526. The normalized spacial score (nSPS) is 10.7. The van der Waals surface area contributed by atoms with Gasteiger partial charge in [-0.2, -0.15) is 0 Å². The third-order valence-corrected chi connectivity index (χ3v) is 4.43. The minimum absolute atomic E-state index is 0.690. The van der Waals surface area contributed by atoms with Crippen LogP contribution in [0.25, 0.3) is 0 Å². The SMILES string of the molecule is BrCCCOCc1cc(Br)sc1Br. The average molecular weight is 393 g/mol. The summed E-state index contributed by atoms with van der Waals surface area (Å²) in [5.41, 5.74) is 1.21. The number of alkyl halides is 1. The van der Waals surface area contributed by atoms with Crippen molar-refractivity contribution in [2.24, 2.45) is 0 Å². The van der Waals surface area contributed by atoms with Crippen LogP contribution in [0.2, 0.25) is 0 Å². The average Bonchev–Trinajstić information content (AvgIpc) is 2.39. The number of hydrogen-bond donors (Lipinski definition) is 0. The monoisotopic (exact) mass is 390 g/mol. The highest BCUT2D eigenvalue weighted by Crippen LogP contribution is 2.32. The molecule has 0 bridgehead atoms. The summed E-state index contributed by atoms with van der Waals surface area (Å²) in [5.74, 6) is 0. The fraction of sp³-hybridized carbons (Fsp3) is 0.500. The highest BCUT2D eigenvalue weighted by atomic mass is 79.9. The van der Waals surface area contributed by atoms with Crippen LogP contribution in [0.15, 0.2) is 13.6 Å². The summed E-state index contributed by atoms with van der Waals surface area (Å²) < 4.78 is 7.77. The van der Waals surface area contributed by atoms with Gasteiger partial charge in [-0.05, 0) is 44.3 Å². The Hall–Kier alpha value is 1.10. The lowest BCUT2D eigenvalue weighted by Crippen LogP contribution is -1.94. The van der Waals surface area contributed by atoms with E-state index in [4.69, 9.17) is 4.74 Å². The van der Waals surface area contributed by atoms with E-state index in [2.05, 4.69) is 53.9 Å². The Kier molecular flexibility index (Phi) is 6.14. The first-order valence-corrected chi connectivity index (χ1v) is 7.34. The van der Waals surface area contributed by atoms with Crippen LogP contribution < -0.4 is 0 Å². The van der Waals surface area contributed by atoms with Gasteiger partial charge in [-0.3, -0.25) is 0 Å². The Balaban J connectivity index is 2.32. The first kappa shape index (κ1) is 12.2. The van der Waals surface area contributed by atoms with Crippen LogP contribution in [0.5, 0.6) is 0 Å². The van der Waals surface area contributed by atoms with Crippen LogP contribution in [0.3, 0.4) is 0 Å². The molecule has 74 valence electrons. The van der Waals surface area contributed by atoms with Gasteiger partial charge in [0.2, 0.25) is 0 Å². The second kappa shape index (κ2) is 6.56. The molecule has 0 aliphatic rings. The van der Waals surface area contributed by atoms with Gasteiger partial charge in [-0.25, -0.2) is 0 Å². The number of thiophene rings is 1. The molecule has 0 saturated heterocycles. The Morgan fingerprint density at radius 3 is 2.69 bits per heavy atom. The van der Waals surface area contributed by atoms with Gasteiger partial charge in [-0.1, -0.05) is 15.9 Å². The molecule has 5 heteroatoms. The van der Waals surface area contributed by atoms with E-state index in [1.54, 1.807) is 11.3 Å². The summed E-state index contributed by atoms with van der Waals surface area (Å²) in [4.78, 5) is 0. The maximum absolute atomic E-state index is 5.48. The number of hydrogen-bond acceptors (Lipinski definition) is 2. The molecule has 0 aliphatic heterocycles. The maximum Gasteiger partial charge on any atom is 0.0765 e. The molecule has 0 radical (unpaired) electrons. The van der Waals surface area contributed by atoms with Crippen LogP contribution in [0, 0.1) is 0 Å². The molecule has 1 rings (SSSR count). The van der Waals surface area contributed by atoms with Gasteiger partial charge in [-0.15, -0.1) is 11.3 Å². The van der Waals surface area contributed by atoms with Gasteiger partial charge in [0.15, 0.2) is 0 Å². The Morgan fingerprint density at radius 2 is 2.15 bits per heavy atom. The maximum atomic E-state index is 5.48. The number of ether oxygens (including phenoxy) is 1. The van der Waals surface area contributed by atoms with Gasteiger partial charge in [0.1, 0.15) is 0 Å². The zero-order chi connectivity index (χ0) is 9.68. The van der Waals surface area contributed by atoms with E-state index in [0.29, 0.717) is 6.61 Å². The summed E-state index contributed by atoms with van der Waals surface area (Å²) >= 11 is 12.0. The first-order chi connectivity index (χ1) is 6.24. The summed E-state index contributed by atoms with van der Waals surface area (Å²) in [6.07, 6.45) is 1.06. The summed E-state index contributed by atoms with van der Waals surface area (Å²) in [6, 6.07) is 2.09. The molecule has 13 heavy (non-hydrogen) atoms. The van der Waals surface area contributed by atoms with E-state index < -0.39 is 0 Å². The number of rotatable bonds is 5. The molecule has 1 aromatic rings. The fourth-order valence-electron chi connectivity index (χ4n) is 0.811. The molecule has 0 amide bonds. The van der Waals surface area contributed by atoms with Crippen molar-refractivity contribution in [1.82, 2.24) is 0 Å². The van der Waals surface area contributed by atoms with Crippen molar-refractivity contribution in [3.8, 4) is 0 Å². The number of halogens is 3. The van der Waals surface area contributed by atoms with Crippen molar-refractivity contribution in [3.05, 3.63) is 19.2 Å². The van der Waals surface area contributed by atoms with Crippen molar-refractivity contribution in [2.45, 2.75) is 13.0 Å². The molecule has 0 aromatic carbocycles. The second-order valence-electron chi connectivity index (χ2n) is 2.44. The molecule has 0 atom stereocenters. The second-order valence-corrected chi connectivity index (χ2v) is 6.99. The van der Waals surface area contributed by atoms with E-state index in [0.717, 1.165) is 25.9 Å². The molecule has 1 heterocycles. The fourth-order valence-corrected chi connectivity index (χ4v) is 3.83. The zero-order valence-corrected chi connectivity index (χ0v) is 12.4. The Morgan fingerprint density at radius 1 is 1.38 bits per heavy atom. The summed E-state index contributed by atoms with van der Waals surface area (Å²) in [6.45, 7) is 1.50. The van der Waals surface area contributed by atoms with Crippen LogP contribution >= 0.6 is 59.1 Å². The molecular weight excluding hydrogens is 384 g/mol. The standard InChI is InChI=1S/C8H9Br3OS/c9-2-1-3-12-5-6-4-7(10)13-8(6)11/h4H,1-3,5H2. The van der Waals surface area contributed by atoms with Crippen molar-refractivity contribution in [2.75, 3.05) is 11.9 Å². The molecule has 1 aromatic heterocycles. The van der Waals surface area contributed by atoms with Gasteiger partial charge < -0.3 is 4.74 Å². The van der Waals surface area contributed by atoms with E-state index in [1.807, 2.05) is 0 Å². The third kappa shape index (κ3) is 4.42. The van der Waals surface area contributed by atoms with Crippen LogP contribution in [0.1, 0.15) is 12.0 Å². The third-order valence-electron chi connectivity index (χ3n) is 1.41. The zero-order valence-electron chi connectivity index (χ0n) is 6.86. The molecule has 0 N–H and O–H groups in total. The lowest BCUT2D eigenvalue weighted by Gasteiger charge is -2.00. The predicted molar refractivity (Wildman–Crippen MR) is 67.8 cm³/mol. The van der Waals surface area contributed by atoms with Gasteiger partial charge in [0.25, 0.3) is 0 Å². The summed E-state index contributed by atoms with van der Waals surface area (Å²) in [7, 11) is 0. The first-order valence-electron chi connectivity index (χ1n) is 3.81. The van der Waals surface area contributed by atoms with Crippen molar-refractivity contribution >= 4 is 59.1 Å². The predicted octanol–water partition coefficient (Wildman–Crippen LogP) is 4.57. The van der Waals surface area contributed by atoms with Gasteiger partial charge in [0, 0.05) is 17.5 Å². The van der Waals surface area contributed by atoms with Crippen LogP contribution in [-0.2, 0) is 11.3 Å². The van der Waals surface area contributed by atoms with E-state index in [1.165, 1.54) is 5.56 Å². The highest BCUT2D eigenvalue weighted by molar-refractivity contribution is 9.12. The smallest absolute Gasteiger partial charge is 0.0765 e. The lowest BCUT2D eigenvalue weighted by atomic mass is 10.4. The minimum atomic E-state index is 0.690. The highest BCUT2D eigenvalue weighted by Gasteiger charge is 2.04. The van der Waals surface area contributed by atoms with Crippen LogP contribution in [0.4, 0.5) is 0 Å². The van der Waals surface area contributed by atoms with Gasteiger partial charge in [0.05, 0.1) is 14.2 Å². The van der Waals surface area contributed by atoms with Crippen molar-refractivity contribution in [3.63, 3.8) is 0 Å². The Labute approximate surface area is 107 Å². The van der Waals surface area contributed by atoms with Crippen LogP contribution in [-0.4, -0.2) is 11.9 Å². The van der Waals surface area contributed by atoms with Gasteiger partial charge >= 0.3 is 0 Å². The molecule has 0 unspecified atom stereocenters. The molecular formula is C8H9Br3OS. The Bertz CT molecular complexity index is 262. The molecule has 1 nitrogen and oxygen atoms in total. The summed E-state index contributed by atoms with van der Waals surface area (Å²) in [5, 5.41) is 1.00. The largest absolute Gasteiger partial charge is 0.377 e. The van der Waals surface area contributed by atoms with E-state index in [-0.39, 0.29) is 0 Å². The minimum Gasteiger partial charge on any atom is -0.377 e. The molecule has 0 aliphatic carbocycles. The lowest BCUT2D eigenvalue weighted by molar-refractivity contribution is 0.122. The molecule has 0 fully saturated rings. The van der Waals surface area contributed by atoms with Crippen molar-refractivity contribution in [1.29, 1.82) is 0 Å².